The molecule has 5 unspecified atom stereocenters. The Morgan fingerprint density at radius 1 is 1.19 bits per heavy atom. The second-order valence-corrected chi connectivity index (χ2v) is 11.3. The fourth-order valence-corrected chi connectivity index (χ4v) is 7.34. The van der Waals surface area contributed by atoms with E-state index in [4.69, 9.17) is 10.7 Å². The highest BCUT2D eigenvalue weighted by Crippen LogP contribution is 2.67. The summed E-state index contributed by atoms with van der Waals surface area (Å²) in [7, 11) is 0. The fourth-order valence-electron chi connectivity index (χ4n) is 6.30. The van der Waals surface area contributed by atoms with E-state index in [0.29, 0.717) is 5.56 Å². The van der Waals surface area contributed by atoms with E-state index in [1.807, 2.05) is 42.6 Å². The van der Waals surface area contributed by atoms with Crippen LogP contribution in [0.1, 0.15) is 41.0 Å². The molecule has 2 fully saturated rings. The maximum Gasteiger partial charge on any atom is 0.147 e. The van der Waals surface area contributed by atoms with Crippen molar-refractivity contribution in [3.63, 3.8) is 0 Å². The molecule has 6 rings (SSSR count). The van der Waals surface area contributed by atoms with Gasteiger partial charge in [-0.05, 0) is 42.0 Å². The number of nitrogens with two attached hydrogens (primary N) is 1. The Bertz CT molecular complexity index is 1380. The smallest absolute Gasteiger partial charge is 0.147 e. The number of nitriles is 1. The van der Waals surface area contributed by atoms with Crippen LogP contribution >= 0.6 is 11.3 Å². The second-order valence-electron chi connectivity index (χ2n) is 10.3. The largest absolute Gasteiger partial charge is 0.370 e. The van der Waals surface area contributed by atoms with Crippen LogP contribution in [0.2, 0.25) is 0 Å². The monoisotopic (exact) mass is 509 g/mol. The SMILES string of the molecule is C=C(c1ccc(C23C=NC(N)C(c4nnc(-c5ccccc5)s4)C2C3C)c(C#N)c1)N1CCCNCC1. The molecule has 188 valence electrons. The number of aliphatic imine (C=N–C) groups is 1. The lowest BCUT2D eigenvalue weighted by Gasteiger charge is -2.28. The molecule has 0 spiro atoms. The summed E-state index contributed by atoms with van der Waals surface area (Å²) >= 11 is 1.59. The molecule has 0 amide bonds. The van der Waals surface area contributed by atoms with E-state index in [1.165, 1.54) is 0 Å². The number of fused-ring (bicyclic) bond motifs is 1. The summed E-state index contributed by atoms with van der Waals surface area (Å²) in [6.07, 6.45) is 2.72. The molecule has 1 aliphatic carbocycles. The van der Waals surface area contributed by atoms with Crippen molar-refractivity contribution in [2.24, 2.45) is 22.6 Å². The van der Waals surface area contributed by atoms with E-state index in [1.54, 1.807) is 11.3 Å². The van der Waals surface area contributed by atoms with Gasteiger partial charge in [0.15, 0.2) is 0 Å². The summed E-state index contributed by atoms with van der Waals surface area (Å²) in [4.78, 5) is 7.07. The van der Waals surface area contributed by atoms with Gasteiger partial charge in [0.1, 0.15) is 16.2 Å². The number of hydrogen-bond acceptors (Lipinski definition) is 8. The van der Waals surface area contributed by atoms with Crippen molar-refractivity contribution in [3.8, 4) is 16.6 Å². The Hall–Kier alpha value is -3.38. The highest BCUT2D eigenvalue weighted by atomic mass is 32.1. The molecule has 5 atom stereocenters. The van der Waals surface area contributed by atoms with Gasteiger partial charge in [-0.2, -0.15) is 5.26 Å². The molecule has 3 heterocycles. The van der Waals surface area contributed by atoms with Crippen LogP contribution in [0.4, 0.5) is 0 Å². The first-order valence-electron chi connectivity index (χ1n) is 12.9. The van der Waals surface area contributed by atoms with Gasteiger partial charge in [-0.25, -0.2) is 0 Å². The topological polar surface area (TPSA) is 103 Å². The van der Waals surface area contributed by atoms with E-state index in [0.717, 1.165) is 65.0 Å². The number of aromatic nitrogens is 2. The van der Waals surface area contributed by atoms with Gasteiger partial charge in [0.25, 0.3) is 0 Å². The summed E-state index contributed by atoms with van der Waals surface area (Å²) in [6, 6.07) is 18.8. The molecule has 1 saturated carbocycles. The zero-order chi connectivity index (χ0) is 25.6. The molecule has 2 aromatic carbocycles. The molecule has 37 heavy (non-hydrogen) atoms. The van der Waals surface area contributed by atoms with E-state index in [9.17, 15) is 5.26 Å². The van der Waals surface area contributed by atoms with Crippen LogP contribution in [-0.2, 0) is 5.41 Å². The van der Waals surface area contributed by atoms with Crippen molar-refractivity contribution in [1.29, 1.82) is 5.26 Å². The summed E-state index contributed by atoms with van der Waals surface area (Å²) < 4.78 is 0. The molecular weight excluding hydrogens is 478 g/mol. The zero-order valence-corrected chi connectivity index (χ0v) is 21.8. The average Bonchev–Trinajstić information content (AvgIpc) is 3.39. The number of nitrogens with one attached hydrogen (secondary N) is 1. The number of benzene rings is 2. The number of nitrogens with zero attached hydrogens (tertiary/aromatic N) is 5. The predicted octanol–water partition coefficient (Wildman–Crippen LogP) is 4.00. The van der Waals surface area contributed by atoms with E-state index < -0.39 is 0 Å². The Morgan fingerprint density at radius 3 is 2.84 bits per heavy atom. The van der Waals surface area contributed by atoms with Gasteiger partial charge >= 0.3 is 0 Å². The molecule has 0 bridgehead atoms. The van der Waals surface area contributed by atoms with Crippen molar-refractivity contribution in [1.82, 2.24) is 20.4 Å². The molecular formula is C29H31N7S. The summed E-state index contributed by atoms with van der Waals surface area (Å²) in [5.74, 6) is 0.465. The van der Waals surface area contributed by atoms with Crippen molar-refractivity contribution >= 4 is 23.2 Å². The number of rotatable bonds is 5. The number of hydrogen-bond donors (Lipinski definition) is 2. The average molecular weight is 510 g/mol. The third-order valence-electron chi connectivity index (χ3n) is 8.36. The summed E-state index contributed by atoms with van der Waals surface area (Å²) in [5, 5.41) is 24.5. The van der Waals surface area contributed by atoms with Gasteiger partial charge in [-0.1, -0.05) is 67.3 Å². The van der Waals surface area contributed by atoms with Crippen molar-refractivity contribution in [2.75, 3.05) is 26.2 Å². The van der Waals surface area contributed by atoms with Crippen LogP contribution < -0.4 is 11.1 Å². The van der Waals surface area contributed by atoms with Gasteiger partial charge in [0.2, 0.25) is 0 Å². The minimum absolute atomic E-state index is 0.0410. The predicted molar refractivity (Wildman–Crippen MR) is 148 cm³/mol. The van der Waals surface area contributed by atoms with Gasteiger partial charge in [-0.15, -0.1) is 10.2 Å². The van der Waals surface area contributed by atoms with E-state index >= 15 is 0 Å². The van der Waals surface area contributed by atoms with Crippen molar-refractivity contribution in [3.05, 3.63) is 76.8 Å². The van der Waals surface area contributed by atoms with Crippen LogP contribution in [-0.4, -0.2) is 53.7 Å². The molecule has 3 N–H and O–H groups in total. The highest BCUT2D eigenvalue weighted by molar-refractivity contribution is 7.14. The van der Waals surface area contributed by atoms with Crippen LogP contribution in [0.5, 0.6) is 0 Å². The first kappa shape index (κ1) is 24.0. The maximum absolute atomic E-state index is 10.2. The third kappa shape index (κ3) is 3.98. The van der Waals surface area contributed by atoms with Gasteiger partial charge in [0, 0.05) is 42.5 Å². The lowest BCUT2D eigenvalue weighted by Crippen LogP contribution is -2.35. The Kier molecular flexibility index (Phi) is 6.15. The third-order valence-corrected chi connectivity index (χ3v) is 9.43. The molecule has 3 aliphatic rings. The highest BCUT2D eigenvalue weighted by Gasteiger charge is 2.68. The Balaban J connectivity index is 1.32. The molecule has 1 aromatic heterocycles. The van der Waals surface area contributed by atoms with Gasteiger partial charge in [0.05, 0.1) is 17.6 Å². The molecule has 3 aromatic rings. The van der Waals surface area contributed by atoms with Crippen LogP contribution in [0.25, 0.3) is 16.3 Å². The minimum Gasteiger partial charge on any atom is -0.370 e. The summed E-state index contributed by atoms with van der Waals surface area (Å²) in [5.41, 5.74) is 11.0. The lowest BCUT2D eigenvalue weighted by molar-refractivity contribution is 0.424. The lowest BCUT2D eigenvalue weighted by atomic mass is 9.83. The molecule has 8 heteroatoms. The summed E-state index contributed by atoms with van der Waals surface area (Å²) in [6.45, 7) is 10.5. The molecule has 2 aliphatic heterocycles. The van der Waals surface area contributed by atoms with E-state index in [2.05, 4.69) is 52.1 Å². The Labute approximate surface area is 221 Å². The standard InChI is InChI=1S/C29H31N7S/c1-18-25-24(28-35-34-27(37-28)20-7-4-3-5-8-20)26(31)33-17-29(18,25)23-10-9-21(15-22(23)16-30)19(2)36-13-6-11-32-12-14-36/h3-5,7-10,15,17-18,24-26,32H,2,6,11-14,31H2,1H3. The Morgan fingerprint density at radius 2 is 2.03 bits per heavy atom. The minimum atomic E-state index is -0.374. The van der Waals surface area contributed by atoms with Crippen LogP contribution in [0.3, 0.4) is 0 Å². The van der Waals surface area contributed by atoms with Crippen molar-refractivity contribution < 1.29 is 0 Å². The second kappa shape index (κ2) is 9.49. The quantitative estimate of drug-likeness (QED) is 0.539. The first-order valence-corrected chi connectivity index (χ1v) is 13.7. The zero-order valence-electron chi connectivity index (χ0n) is 21.0. The normalized spacial score (nSPS) is 28.7. The van der Waals surface area contributed by atoms with E-state index in [-0.39, 0.29) is 29.3 Å². The van der Waals surface area contributed by atoms with Gasteiger partial charge < -0.3 is 16.0 Å². The first-order chi connectivity index (χ1) is 18.0. The van der Waals surface area contributed by atoms with Crippen LogP contribution in [0.15, 0.2) is 60.1 Å². The van der Waals surface area contributed by atoms with Crippen LogP contribution in [0, 0.1) is 23.2 Å². The van der Waals surface area contributed by atoms with Gasteiger partial charge in [-0.3, -0.25) is 4.99 Å². The van der Waals surface area contributed by atoms with Crippen molar-refractivity contribution in [2.45, 2.75) is 30.8 Å². The molecule has 7 nitrogen and oxygen atoms in total. The molecule has 1 saturated heterocycles. The maximum atomic E-state index is 10.2. The molecule has 0 radical (unpaired) electrons. The fraction of sp³-hybridized carbons (Fsp3) is 0.379.